The molecule has 1 atom stereocenters. The van der Waals surface area contributed by atoms with Crippen molar-refractivity contribution in [2.24, 2.45) is 0 Å². The van der Waals surface area contributed by atoms with E-state index >= 15 is 0 Å². The number of amides is 2. The first kappa shape index (κ1) is 15.7. The summed E-state index contributed by atoms with van der Waals surface area (Å²) in [6.07, 6.45) is 0.233. The first-order valence-corrected chi connectivity index (χ1v) is 8.92. The van der Waals surface area contributed by atoms with Crippen LogP contribution >= 0.6 is 12.2 Å². The third-order valence-electron chi connectivity index (χ3n) is 3.95. The predicted octanol–water partition coefficient (Wildman–Crippen LogP) is 1.65. The second kappa shape index (κ2) is 5.79. The van der Waals surface area contributed by atoms with Crippen LogP contribution < -0.4 is 5.11 Å². The van der Waals surface area contributed by atoms with Gasteiger partial charge in [0, 0.05) is 11.1 Å². The molecular weight excluding hydrogens is 330 g/mol. The molecule has 0 radical (unpaired) electrons. The van der Waals surface area contributed by atoms with Crippen LogP contribution in [0.5, 0.6) is 0 Å². The van der Waals surface area contributed by atoms with E-state index in [-0.39, 0.29) is 4.32 Å². The monoisotopic (exact) mass is 343 g/mol. The number of nitrogens with zero attached hydrogens (tertiary/aromatic N) is 1. The van der Waals surface area contributed by atoms with Gasteiger partial charge in [-0.15, -0.1) is 0 Å². The number of carboxylic acid groups (broad SMARTS) is 1. The molecule has 2 amide bonds. The fourth-order valence-electron chi connectivity index (χ4n) is 2.91. The van der Waals surface area contributed by atoms with Crippen molar-refractivity contribution in [1.82, 2.24) is 4.90 Å². The van der Waals surface area contributed by atoms with E-state index in [1.54, 1.807) is 0 Å². The molecule has 0 N–H and O–H groups in total. The van der Waals surface area contributed by atoms with Crippen LogP contribution in [0.3, 0.4) is 0 Å². The summed E-state index contributed by atoms with van der Waals surface area (Å²) in [6, 6.07) is 18.3. The number of hydrogen-bond acceptors (Lipinski definition) is 4. The Hall–Kier alpha value is -2.18. The van der Waals surface area contributed by atoms with E-state index in [9.17, 15) is 14.7 Å². The van der Waals surface area contributed by atoms with E-state index < -0.39 is 27.6 Å². The van der Waals surface area contributed by atoms with Gasteiger partial charge in [0.05, 0.1) is 10.9 Å². The highest BCUT2D eigenvalue weighted by atomic mass is 32.2. The zero-order valence-electron chi connectivity index (χ0n) is 12.3. The Morgan fingerprint density at radius 1 is 1.04 bits per heavy atom. The zero-order valence-corrected chi connectivity index (χ0v) is 13.9. The van der Waals surface area contributed by atoms with Crippen molar-refractivity contribution in [1.29, 1.82) is 0 Å². The molecule has 2 aromatic carbocycles. The molecule has 3 rings (SSSR count). The minimum atomic E-state index is -1.58. The second-order valence-corrected chi connectivity index (χ2v) is 7.76. The van der Waals surface area contributed by atoms with Gasteiger partial charge in [0.2, 0.25) is 0 Å². The first-order valence-electron chi connectivity index (χ1n) is 6.88. The molecule has 1 heterocycles. The number of carbonyl (C=O) groups excluding carboxylic acids is 2. The lowest BCUT2D eigenvalue weighted by Crippen LogP contribution is -2.47. The van der Waals surface area contributed by atoms with Crippen molar-refractivity contribution in [2.75, 3.05) is 6.26 Å². The van der Waals surface area contributed by atoms with E-state index in [1.807, 2.05) is 66.9 Å². The third kappa shape index (κ3) is 2.17. The van der Waals surface area contributed by atoms with Gasteiger partial charge >= 0.3 is 10.2 Å². The summed E-state index contributed by atoms with van der Waals surface area (Å²) in [6.45, 7) is 0. The van der Waals surface area contributed by atoms with Gasteiger partial charge in [-0.05, 0) is 12.2 Å². The maximum absolute atomic E-state index is 13.1. The first-order chi connectivity index (χ1) is 11.0. The van der Waals surface area contributed by atoms with Crippen molar-refractivity contribution in [2.45, 2.75) is 4.75 Å². The molecule has 1 saturated heterocycles. The molecule has 1 fully saturated rings. The fraction of sp³-hybridized carbons (Fsp3) is 0.118. The Morgan fingerprint density at radius 3 is 1.83 bits per heavy atom. The predicted molar refractivity (Wildman–Crippen MR) is 91.8 cm³/mol. The summed E-state index contributed by atoms with van der Waals surface area (Å²) in [5.74, 6) is -0.564. The SMILES string of the molecule is C[S+]1C(=S)N(C(=O)[O-])C(=O)C1(c1ccccc1)c1ccccc1. The molecule has 23 heavy (non-hydrogen) atoms. The van der Waals surface area contributed by atoms with Crippen molar-refractivity contribution >= 4 is 39.4 Å². The smallest absolute Gasteiger partial charge is 0.304 e. The lowest BCUT2D eigenvalue weighted by atomic mass is 9.89. The van der Waals surface area contributed by atoms with Crippen molar-refractivity contribution < 1.29 is 14.7 Å². The Bertz CT molecular complexity index is 737. The highest BCUT2D eigenvalue weighted by molar-refractivity contribution is 8.22. The average Bonchev–Trinajstić information content (AvgIpc) is 2.77. The van der Waals surface area contributed by atoms with Gasteiger partial charge in [-0.2, -0.15) is 0 Å². The molecular formula is C17H13NO3S2. The van der Waals surface area contributed by atoms with E-state index in [0.717, 1.165) is 11.1 Å². The van der Waals surface area contributed by atoms with Gasteiger partial charge in [-0.3, -0.25) is 4.79 Å². The van der Waals surface area contributed by atoms with Crippen LogP contribution in [0.1, 0.15) is 11.1 Å². The van der Waals surface area contributed by atoms with Crippen LogP contribution in [0.15, 0.2) is 60.7 Å². The standard InChI is InChI=1S/C17H13NO3S2/c1-23-16(22)18(15(20)21)14(19)17(23,12-8-4-2-5-9-12)13-10-6-3-7-11-13/h2-11H,1H3. The third-order valence-corrected chi connectivity index (χ3v) is 7.15. The molecule has 1 unspecified atom stereocenters. The Labute approximate surface area is 142 Å². The van der Waals surface area contributed by atoms with Crippen LogP contribution in [0.4, 0.5) is 4.79 Å². The van der Waals surface area contributed by atoms with Crippen molar-refractivity contribution in [3.05, 3.63) is 71.8 Å². The Balaban J connectivity index is 2.32. The van der Waals surface area contributed by atoms with Gasteiger partial charge in [-0.1, -0.05) is 60.7 Å². The summed E-state index contributed by atoms with van der Waals surface area (Å²) < 4.78 is -1.03. The number of rotatable bonds is 2. The molecule has 4 nitrogen and oxygen atoms in total. The molecule has 116 valence electrons. The summed E-state index contributed by atoms with van der Waals surface area (Å²) in [7, 11) is -0.810. The minimum Gasteiger partial charge on any atom is -0.529 e. The molecule has 6 heteroatoms. The molecule has 2 aromatic rings. The van der Waals surface area contributed by atoms with E-state index in [2.05, 4.69) is 0 Å². The maximum atomic E-state index is 13.1. The van der Waals surface area contributed by atoms with Gasteiger partial charge in [0.15, 0.2) is 6.09 Å². The molecule has 0 aromatic heterocycles. The highest BCUT2D eigenvalue weighted by Gasteiger charge is 2.67. The van der Waals surface area contributed by atoms with E-state index in [4.69, 9.17) is 12.2 Å². The molecule has 0 saturated carbocycles. The maximum Gasteiger partial charge on any atom is 0.304 e. The molecule has 0 bridgehead atoms. The lowest BCUT2D eigenvalue weighted by molar-refractivity contribution is -0.258. The number of thiocarbonyl (C=S) groups is 1. The summed E-state index contributed by atoms with van der Waals surface area (Å²) in [4.78, 5) is 25.2. The van der Waals surface area contributed by atoms with Crippen LogP contribution in [-0.4, -0.2) is 27.5 Å². The second-order valence-electron chi connectivity index (χ2n) is 5.10. The normalized spacial score (nSPS) is 19.9. The fourth-order valence-corrected chi connectivity index (χ4v) is 5.47. The van der Waals surface area contributed by atoms with Gasteiger partial charge in [0.25, 0.3) is 4.75 Å². The summed E-state index contributed by atoms with van der Waals surface area (Å²) in [5, 5.41) is 11.4. The Morgan fingerprint density at radius 2 is 1.48 bits per heavy atom. The zero-order chi connectivity index (χ0) is 16.6. The van der Waals surface area contributed by atoms with Crippen LogP contribution in [0.25, 0.3) is 0 Å². The van der Waals surface area contributed by atoms with Gasteiger partial charge in [-0.25, -0.2) is 4.90 Å². The number of imide groups is 1. The quantitative estimate of drug-likeness (QED) is 0.614. The number of carbonyl (C=O) groups is 2. The highest BCUT2D eigenvalue weighted by Crippen LogP contribution is 2.45. The van der Waals surface area contributed by atoms with Crippen molar-refractivity contribution in [3.8, 4) is 0 Å². The molecule has 0 aliphatic carbocycles. The molecule has 1 aliphatic heterocycles. The summed E-state index contributed by atoms with van der Waals surface area (Å²) >= 11 is 5.26. The molecule has 1 aliphatic rings. The largest absolute Gasteiger partial charge is 0.529 e. The van der Waals surface area contributed by atoms with E-state index in [1.165, 1.54) is 0 Å². The van der Waals surface area contributed by atoms with Gasteiger partial charge < -0.3 is 9.90 Å². The van der Waals surface area contributed by atoms with Gasteiger partial charge in [0.1, 0.15) is 6.26 Å². The topological polar surface area (TPSA) is 60.4 Å². The average molecular weight is 343 g/mol. The van der Waals surface area contributed by atoms with Crippen molar-refractivity contribution in [3.63, 3.8) is 0 Å². The van der Waals surface area contributed by atoms with Crippen LogP contribution in [-0.2, 0) is 20.4 Å². The molecule has 0 spiro atoms. The summed E-state index contributed by atoms with van der Waals surface area (Å²) in [5.41, 5.74) is 1.46. The Kier molecular flexibility index (Phi) is 3.95. The lowest BCUT2D eigenvalue weighted by Gasteiger charge is -2.24. The van der Waals surface area contributed by atoms with Crippen LogP contribution in [0, 0.1) is 0 Å². The number of benzene rings is 2. The minimum absolute atomic E-state index is 0.0997. The number of hydrogen-bond donors (Lipinski definition) is 0. The van der Waals surface area contributed by atoms with Crippen LogP contribution in [0.2, 0.25) is 0 Å². The van der Waals surface area contributed by atoms with E-state index in [0.29, 0.717) is 4.90 Å².